The van der Waals surface area contributed by atoms with Crippen LogP contribution in [0.25, 0.3) is 0 Å². The molecule has 6 nitrogen and oxygen atoms in total. The third-order valence-corrected chi connectivity index (χ3v) is 5.51. The Labute approximate surface area is 178 Å². The lowest BCUT2D eigenvalue weighted by molar-refractivity contribution is -0.137. The van der Waals surface area contributed by atoms with Crippen LogP contribution in [-0.4, -0.2) is 44.0 Å². The molecule has 1 amide bonds. The largest absolute Gasteiger partial charge is 0.417 e. The first-order chi connectivity index (χ1) is 14.6. The molecule has 0 unspecified atom stereocenters. The molecule has 0 atom stereocenters. The molecule has 1 aromatic heterocycles. The molecular formula is C22H24F3N3O3. The molecule has 9 heteroatoms. The zero-order valence-electron chi connectivity index (χ0n) is 17.3. The second-order valence-corrected chi connectivity index (χ2v) is 8.02. The van der Waals surface area contributed by atoms with Gasteiger partial charge >= 0.3 is 6.18 Å². The molecule has 1 N–H and O–H groups in total. The Bertz CT molecular complexity index is 937. The van der Waals surface area contributed by atoms with E-state index in [1.165, 1.54) is 24.3 Å². The molecule has 0 saturated carbocycles. The van der Waals surface area contributed by atoms with Gasteiger partial charge in [-0.1, -0.05) is 6.92 Å². The smallest absolute Gasteiger partial charge is 0.384 e. The van der Waals surface area contributed by atoms with Gasteiger partial charge in [0.25, 0.3) is 5.91 Å². The number of rotatable bonds is 6. The Morgan fingerprint density at radius 2 is 1.90 bits per heavy atom. The normalized spacial score (nSPS) is 16.1. The molecule has 0 aliphatic carbocycles. The van der Waals surface area contributed by atoms with Crippen LogP contribution in [0, 0.1) is 5.41 Å². The van der Waals surface area contributed by atoms with Crippen molar-refractivity contribution in [2.75, 3.05) is 37.0 Å². The number of benzene rings is 1. The number of aromatic nitrogens is 1. The summed E-state index contributed by atoms with van der Waals surface area (Å²) in [6, 6.07) is 6.88. The van der Waals surface area contributed by atoms with Crippen molar-refractivity contribution >= 4 is 23.7 Å². The summed E-state index contributed by atoms with van der Waals surface area (Å²) >= 11 is 0. The minimum absolute atomic E-state index is 0.0279. The van der Waals surface area contributed by atoms with Gasteiger partial charge in [-0.05, 0) is 48.6 Å². The van der Waals surface area contributed by atoms with Crippen molar-refractivity contribution in [2.45, 2.75) is 25.9 Å². The van der Waals surface area contributed by atoms with Crippen molar-refractivity contribution in [1.82, 2.24) is 4.98 Å². The monoisotopic (exact) mass is 435 g/mol. The summed E-state index contributed by atoms with van der Waals surface area (Å²) in [7, 11) is 1.64. The van der Waals surface area contributed by atoms with Crippen LogP contribution in [-0.2, 0) is 10.9 Å². The van der Waals surface area contributed by atoms with Crippen molar-refractivity contribution < 1.29 is 27.5 Å². The molecule has 1 aromatic carbocycles. The molecule has 2 aromatic rings. The van der Waals surface area contributed by atoms with Crippen molar-refractivity contribution in [3.63, 3.8) is 0 Å². The molecule has 2 heterocycles. The molecule has 0 bridgehead atoms. The Hall–Kier alpha value is -2.94. The van der Waals surface area contributed by atoms with Crippen LogP contribution in [0.4, 0.5) is 24.7 Å². The van der Waals surface area contributed by atoms with E-state index in [1.54, 1.807) is 7.11 Å². The van der Waals surface area contributed by atoms with E-state index in [4.69, 9.17) is 4.74 Å². The molecule has 1 fully saturated rings. The zero-order chi connectivity index (χ0) is 22.6. The summed E-state index contributed by atoms with van der Waals surface area (Å²) in [4.78, 5) is 29.5. The zero-order valence-corrected chi connectivity index (χ0v) is 17.3. The van der Waals surface area contributed by atoms with Gasteiger partial charge in [0.2, 0.25) is 0 Å². The summed E-state index contributed by atoms with van der Waals surface area (Å²) in [5, 5.41) is 2.60. The predicted octanol–water partition coefficient (Wildman–Crippen LogP) is 4.42. The third-order valence-electron chi connectivity index (χ3n) is 5.51. The summed E-state index contributed by atoms with van der Waals surface area (Å²) in [6.07, 6.45) is -1.68. The fraction of sp³-hybridized carbons (Fsp3) is 0.409. The Balaban J connectivity index is 1.89. The van der Waals surface area contributed by atoms with Crippen LogP contribution >= 0.6 is 0 Å². The number of nitrogens with one attached hydrogen (secondary N) is 1. The average molecular weight is 435 g/mol. The molecular weight excluding hydrogens is 411 g/mol. The van der Waals surface area contributed by atoms with Crippen LogP contribution in [0.15, 0.2) is 36.5 Å². The highest BCUT2D eigenvalue weighted by Gasteiger charge is 2.35. The number of nitrogens with zero attached hydrogens (tertiary/aromatic N) is 2. The number of pyridine rings is 1. The topological polar surface area (TPSA) is 71.5 Å². The van der Waals surface area contributed by atoms with Crippen LogP contribution in [0.3, 0.4) is 0 Å². The van der Waals surface area contributed by atoms with Gasteiger partial charge in [-0.25, -0.2) is 4.98 Å². The van der Waals surface area contributed by atoms with E-state index in [0.717, 1.165) is 25.1 Å². The standard InChI is InChI=1S/C22H24F3N3O3/c1-21(14-31-2)7-9-28(10-8-21)19-18(11-16(12-26-19)22(23,24)25)20(30)27-17-5-3-15(13-29)4-6-17/h3-6,11-13H,7-10,14H2,1-2H3,(H,27,30). The lowest BCUT2D eigenvalue weighted by atomic mass is 9.81. The fourth-order valence-electron chi connectivity index (χ4n) is 3.63. The number of aldehydes is 1. The quantitative estimate of drug-likeness (QED) is 0.681. The van der Waals surface area contributed by atoms with E-state index in [2.05, 4.69) is 17.2 Å². The minimum atomic E-state index is -4.62. The number of carbonyl (C=O) groups excluding carboxylic acids is 2. The highest BCUT2D eigenvalue weighted by atomic mass is 19.4. The van der Waals surface area contributed by atoms with E-state index in [9.17, 15) is 22.8 Å². The van der Waals surface area contributed by atoms with Crippen LogP contribution < -0.4 is 10.2 Å². The number of hydrogen-bond donors (Lipinski definition) is 1. The maximum atomic E-state index is 13.3. The van der Waals surface area contributed by atoms with Crippen molar-refractivity contribution in [3.05, 3.63) is 53.2 Å². The maximum absolute atomic E-state index is 13.3. The first kappa shape index (κ1) is 22.7. The SMILES string of the molecule is COCC1(C)CCN(c2ncc(C(F)(F)F)cc2C(=O)Nc2ccc(C=O)cc2)CC1. The lowest BCUT2D eigenvalue weighted by Crippen LogP contribution is -2.42. The van der Waals surface area contributed by atoms with Crippen molar-refractivity contribution in [2.24, 2.45) is 5.41 Å². The molecule has 3 rings (SSSR count). The summed E-state index contributed by atoms with van der Waals surface area (Å²) in [6.45, 7) is 3.79. The van der Waals surface area contributed by atoms with Crippen LogP contribution in [0.2, 0.25) is 0 Å². The molecule has 31 heavy (non-hydrogen) atoms. The van der Waals surface area contributed by atoms with Gasteiger partial charge in [0.15, 0.2) is 0 Å². The van der Waals surface area contributed by atoms with E-state index >= 15 is 0 Å². The first-order valence-electron chi connectivity index (χ1n) is 9.83. The summed E-state index contributed by atoms with van der Waals surface area (Å²) < 4.78 is 45.1. The van der Waals surface area contributed by atoms with Crippen LogP contribution in [0.1, 0.15) is 46.0 Å². The second kappa shape index (κ2) is 9.05. The average Bonchev–Trinajstić information content (AvgIpc) is 2.74. The number of hydrogen-bond acceptors (Lipinski definition) is 5. The van der Waals surface area contributed by atoms with Gasteiger partial charge in [-0.3, -0.25) is 9.59 Å². The van der Waals surface area contributed by atoms with Gasteiger partial charge in [-0.15, -0.1) is 0 Å². The molecule has 0 spiro atoms. The van der Waals surface area contributed by atoms with E-state index in [-0.39, 0.29) is 16.8 Å². The Morgan fingerprint density at radius 3 is 2.45 bits per heavy atom. The number of carbonyl (C=O) groups is 2. The molecule has 1 saturated heterocycles. The number of piperidine rings is 1. The number of alkyl halides is 3. The molecule has 1 aliphatic heterocycles. The summed E-state index contributed by atoms with van der Waals surface area (Å²) in [5.74, 6) is -0.479. The molecule has 166 valence electrons. The number of anilines is 2. The van der Waals surface area contributed by atoms with Gasteiger partial charge in [0.1, 0.15) is 12.1 Å². The van der Waals surface area contributed by atoms with Gasteiger partial charge < -0.3 is 15.0 Å². The summed E-state index contributed by atoms with van der Waals surface area (Å²) in [5.41, 5.74) is -0.374. The van der Waals surface area contributed by atoms with E-state index < -0.39 is 17.6 Å². The number of ether oxygens (including phenoxy) is 1. The van der Waals surface area contributed by atoms with Gasteiger partial charge in [0, 0.05) is 37.6 Å². The highest BCUT2D eigenvalue weighted by molar-refractivity contribution is 6.07. The number of amides is 1. The van der Waals surface area contributed by atoms with Gasteiger partial charge in [-0.2, -0.15) is 13.2 Å². The van der Waals surface area contributed by atoms with E-state index in [0.29, 0.717) is 37.2 Å². The van der Waals surface area contributed by atoms with E-state index in [1.807, 2.05) is 4.90 Å². The maximum Gasteiger partial charge on any atom is 0.417 e. The molecule has 1 aliphatic rings. The predicted molar refractivity (Wildman–Crippen MR) is 110 cm³/mol. The second-order valence-electron chi connectivity index (χ2n) is 8.02. The van der Waals surface area contributed by atoms with Gasteiger partial charge in [0.05, 0.1) is 17.7 Å². The number of halogens is 3. The molecule has 0 radical (unpaired) electrons. The minimum Gasteiger partial charge on any atom is -0.384 e. The first-order valence-corrected chi connectivity index (χ1v) is 9.83. The third kappa shape index (κ3) is 5.41. The Kier molecular flexibility index (Phi) is 6.64. The lowest BCUT2D eigenvalue weighted by Gasteiger charge is -2.40. The fourth-order valence-corrected chi connectivity index (χ4v) is 3.63. The number of methoxy groups -OCH3 is 1. The van der Waals surface area contributed by atoms with Crippen molar-refractivity contribution in [1.29, 1.82) is 0 Å². The Morgan fingerprint density at radius 1 is 1.26 bits per heavy atom. The van der Waals surface area contributed by atoms with Crippen molar-refractivity contribution in [3.8, 4) is 0 Å². The highest BCUT2D eigenvalue weighted by Crippen LogP contribution is 2.36. The van der Waals surface area contributed by atoms with Crippen LogP contribution in [0.5, 0.6) is 0 Å².